The number of anilines is 1. The summed E-state index contributed by atoms with van der Waals surface area (Å²) in [6.45, 7) is -0.882. The summed E-state index contributed by atoms with van der Waals surface area (Å²) in [5.74, 6) is -1.22. The Morgan fingerprint density at radius 3 is 2.15 bits per heavy atom. The number of aromatic nitrogens is 2. The van der Waals surface area contributed by atoms with E-state index in [-0.39, 0.29) is 18.0 Å². The van der Waals surface area contributed by atoms with Crippen molar-refractivity contribution in [2.75, 3.05) is 19.5 Å². The molecule has 52 heavy (non-hydrogen) atoms. The number of nitrogens with zero attached hydrogens (tertiary/aromatic N) is 3. The van der Waals surface area contributed by atoms with Gasteiger partial charge >= 0.3 is 6.09 Å². The van der Waals surface area contributed by atoms with Crippen LogP contribution in [-0.4, -0.2) is 64.5 Å². The summed E-state index contributed by atoms with van der Waals surface area (Å²) in [7, 11) is -3.02. The topological polar surface area (TPSA) is 185 Å². The highest BCUT2D eigenvalue weighted by Crippen LogP contribution is 2.35. The van der Waals surface area contributed by atoms with Gasteiger partial charge in [-0.05, 0) is 65.7 Å². The Bertz CT molecular complexity index is 2170. The van der Waals surface area contributed by atoms with Crippen LogP contribution in [-0.2, 0) is 32.6 Å². The fourth-order valence-electron chi connectivity index (χ4n) is 6.14. The molecular formula is C38H38N6O6S2. The highest BCUT2D eigenvalue weighted by atomic mass is 32.2. The van der Waals surface area contributed by atoms with Crippen molar-refractivity contribution in [3.8, 4) is 0 Å². The summed E-state index contributed by atoms with van der Waals surface area (Å²) in [4.78, 5) is 36.7. The molecule has 6 rings (SSSR count). The van der Waals surface area contributed by atoms with Crippen molar-refractivity contribution in [2.45, 2.75) is 36.0 Å². The molecule has 0 fully saturated rings. The molecule has 3 heterocycles. The number of methoxy groups -OCH3 is 1. The summed E-state index contributed by atoms with van der Waals surface area (Å²) in [5.41, 5.74) is 15.7. The van der Waals surface area contributed by atoms with Crippen molar-refractivity contribution in [3.63, 3.8) is 0 Å². The third-order valence-electron chi connectivity index (χ3n) is 8.73. The average molecular weight is 739 g/mol. The lowest BCUT2D eigenvalue weighted by Crippen LogP contribution is -2.49. The number of hydrogen-bond donors (Lipinski definition) is 4. The zero-order chi connectivity index (χ0) is 36.8. The monoisotopic (exact) mass is 738 g/mol. The second-order valence-electron chi connectivity index (χ2n) is 12.1. The lowest BCUT2D eigenvalue weighted by atomic mass is 9.85. The van der Waals surface area contributed by atoms with E-state index in [9.17, 15) is 23.1 Å². The Morgan fingerprint density at radius 1 is 0.904 bits per heavy atom. The summed E-state index contributed by atoms with van der Waals surface area (Å²) < 4.78 is 34.7. The number of nitrogens with two attached hydrogens (primary N) is 2. The van der Waals surface area contributed by atoms with E-state index in [1.807, 2.05) is 72.8 Å². The molecule has 0 bridgehead atoms. The molecule has 3 aromatic heterocycles. The molecule has 2 amide bonds. The quantitative estimate of drug-likeness (QED) is 0.113. The minimum atomic E-state index is -4.20. The van der Waals surface area contributed by atoms with Gasteiger partial charge in [0.1, 0.15) is 5.65 Å². The highest BCUT2D eigenvalue weighted by molar-refractivity contribution is 7.89. The molecule has 0 radical (unpaired) electrons. The van der Waals surface area contributed by atoms with Gasteiger partial charge < -0.3 is 26.3 Å². The Labute approximate surface area is 305 Å². The van der Waals surface area contributed by atoms with Crippen molar-refractivity contribution in [3.05, 3.63) is 148 Å². The van der Waals surface area contributed by atoms with Gasteiger partial charge in [0.2, 0.25) is 15.9 Å². The molecule has 3 aromatic carbocycles. The second kappa shape index (κ2) is 15.9. The molecule has 0 saturated carbocycles. The van der Waals surface area contributed by atoms with Crippen molar-refractivity contribution >= 4 is 50.1 Å². The van der Waals surface area contributed by atoms with Crippen molar-refractivity contribution < 1.29 is 27.9 Å². The Balaban J connectivity index is 1.32. The van der Waals surface area contributed by atoms with Gasteiger partial charge in [0.05, 0.1) is 43.8 Å². The maximum absolute atomic E-state index is 14.2. The number of amides is 2. The van der Waals surface area contributed by atoms with Gasteiger partial charge in [-0.25, -0.2) is 23.1 Å². The molecule has 6 aromatic rings. The number of benzene rings is 3. The lowest BCUT2D eigenvalue weighted by Gasteiger charge is -2.29. The molecule has 6 N–H and O–H groups in total. The first-order chi connectivity index (χ1) is 25.1. The number of rotatable bonds is 13. The number of pyridine rings is 1. The fourth-order valence-corrected chi connectivity index (χ4v) is 8.88. The van der Waals surface area contributed by atoms with Gasteiger partial charge in [0, 0.05) is 38.6 Å². The highest BCUT2D eigenvalue weighted by Gasteiger charge is 2.36. The molecule has 0 aliphatic rings. The summed E-state index contributed by atoms with van der Waals surface area (Å²) in [5, 5.41) is 11.6. The minimum absolute atomic E-state index is 0.00555. The van der Waals surface area contributed by atoms with Crippen LogP contribution < -0.4 is 11.5 Å². The number of fused-ring (bicyclic) bond motifs is 1. The molecule has 0 unspecified atom stereocenters. The number of aromatic amines is 1. The Hall–Kier alpha value is -5.38. The molecule has 12 nitrogen and oxygen atoms in total. The van der Waals surface area contributed by atoms with E-state index < -0.39 is 46.6 Å². The van der Waals surface area contributed by atoms with E-state index in [1.165, 1.54) is 35.7 Å². The van der Waals surface area contributed by atoms with E-state index in [1.54, 1.807) is 24.4 Å². The molecule has 0 aliphatic carbocycles. The number of thiophene rings is 1. The number of nitrogens with one attached hydrogen (secondary N) is 1. The zero-order valence-corrected chi connectivity index (χ0v) is 29.8. The van der Waals surface area contributed by atoms with Crippen molar-refractivity contribution in [2.24, 2.45) is 5.73 Å². The molecule has 14 heteroatoms. The van der Waals surface area contributed by atoms with E-state index in [4.69, 9.17) is 16.2 Å². The Kier molecular flexibility index (Phi) is 11.1. The largest absolute Gasteiger partial charge is 0.452 e. The van der Waals surface area contributed by atoms with Crippen LogP contribution in [0.25, 0.3) is 11.0 Å². The van der Waals surface area contributed by atoms with Gasteiger partial charge in [0.25, 0.3) is 0 Å². The fraction of sp³-hybridized carbons (Fsp3) is 0.184. The van der Waals surface area contributed by atoms with Crippen molar-refractivity contribution in [1.29, 1.82) is 0 Å². The third kappa shape index (κ3) is 7.76. The first kappa shape index (κ1) is 36.4. The van der Waals surface area contributed by atoms with E-state index in [0.717, 1.165) is 32.7 Å². The summed E-state index contributed by atoms with van der Waals surface area (Å²) >= 11 is 1.16. The lowest BCUT2D eigenvalue weighted by molar-refractivity contribution is -0.131. The van der Waals surface area contributed by atoms with Crippen LogP contribution >= 0.6 is 11.3 Å². The smallest absolute Gasteiger partial charge is 0.416 e. The number of aliphatic hydroxyl groups is 1. The molecule has 0 spiro atoms. The Morgan fingerprint density at radius 2 is 1.56 bits per heavy atom. The van der Waals surface area contributed by atoms with Crippen LogP contribution in [0, 0.1) is 0 Å². The number of H-pyrrole nitrogens is 1. The number of imide groups is 1. The van der Waals surface area contributed by atoms with Crippen LogP contribution in [0.4, 0.5) is 10.5 Å². The average Bonchev–Trinajstić information content (AvgIpc) is 3.81. The predicted octanol–water partition coefficient (Wildman–Crippen LogP) is 5.39. The summed E-state index contributed by atoms with van der Waals surface area (Å²) in [6, 6.07) is 31.1. The maximum atomic E-state index is 14.2. The first-order valence-electron chi connectivity index (χ1n) is 16.3. The third-order valence-corrected chi connectivity index (χ3v) is 11.8. The standard InChI is InChI=1S/C38H38N6O6S2/c1-50-38(47)43(37(46)35(40)34(25-9-4-2-5-10-25)26-11-6-3-7-12-26)23-30-16-19-33(51-30)32(24-45)44(52(48,49)31-17-14-28(39)15-18-31)22-29-21-27-13-8-20-41-36(27)42-29/h2-21,32,34-35,45H,22-24,39-40H2,1H3,(H,41,42)/t32-,35+/m1/s1. The second-order valence-corrected chi connectivity index (χ2v) is 15.2. The van der Waals surface area contributed by atoms with Crippen LogP contribution in [0.1, 0.15) is 38.5 Å². The van der Waals surface area contributed by atoms with E-state index in [2.05, 4.69) is 9.97 Å². The number of sulfonamides is 1. The summed E-state index contributed by atoms with van der Waals surface area (Å²) in [6.07, 6.45) is 0.738. The maximum Gasteiger partial charge on any atom is 0.416 e. The molecule has 0 aliphatic heterocycles. The molecule has 2 atom stereocenters. The SMILES string of the molecule is COC(=O)N(Cc1ccc([C@@H](CO)N(Cc2cc3cccnc3[nH]2)S(=O)(=O)c2ccc(N)cc2)s1)C(=O)[C@@H](N)C(c1ccccc1)c1ccccc1. The van der Waals surface area contributed by atoms with Gasteiger partial charge in [-0.3, -0.25) is 4.79 Å². The number of carbonyl (C=O) groups excluding carboxylic acids is 2. The van der Waals surface area contributed by atoms with Gasteiger partial charge in [-0.1, -0.05) is 60.7 Å². The van der Waals surface area contributed by atoms with Crippen molar-refractivity contribution in [1.82, 2.24) is 19.2 Å². The van der Waals surface area contributed by atoms with Gasteiger partial charge in [0.15, 0.2) is 0 Å². The number of aliphatic hydroxyl groups excluding tert-OH is 1. The normalized spacial score (nSPS) is 12.9. The molecular weight excluding hydrogens is 701 g/mol. The molecule has 0 saturated heterocycles. The van der Waals surface area contributed by atoms with Crippen LogP contribution in [0.2, 0.25) is 0 Å². The minimum Gasteiger partial charge on any atom is -0.452 e. The predicted molar refractivity (Wildman–Crippen MR) is 199 cm³/mol. The van der Waals surface area contributed by atoms with E-state index in [0.29, 0.717) is 26.8 Å². The van der Waals surface area contributed by atoms with Gasteiger partial charge in [-0.15, -0.1) is 11.3 Å². The number of hydrogen-bond acceptors (Lipinski definition) is 10. The van der Waals surface area contributed by atoms with E-state index >= 15 is 0 Å². The zero-order valence-electron chi connectivity index (χ0n) is 28.2. The van der Waals surface area contributed by atoms with Crippen LogP contribution in [0.3, 0.4) is 0 Å². The van der Waals surface area contributed by atoms with Gasteiger partial charge in [-0.2, -0.15) is 4.31 Å². The first-order valence-corrected chi connectivity index (χ1v) is 18.6. The molecule has 268 valence electrons. The van der Waals surface area contributed by atoms with Crippen LogP contribution in [0.15, 0.2) is 126 Å². The van der Waals surface area contributed by atoms with Crippen LogP contribution in [0.5, 0.6) is 0 Å². The number of ether oxygens (including phenoxy) is 1. The number of carbonyl (C=O) groups is 2. The number of nitrogen functional groups attached to an aromatic ring is 1.